The van der Waals surface area contributed by atoms with Gasteiger partial charge in [-0.1, -0.05) is 76.9 Å². The molecule has 0 aromatic heterocycles. The molecule has 24 heavy (non-hydrogen) atoms. The molecule has 2 aliphatic carbocycles. The van der Waals surface area contributed by atoms with E-state index in [0.29, 0.717) is 6.42 Å². The predicted octanol–water partition coefficient (Wildman–Crippen LogP) is 7.88. The number of halogens is 1. The SMILES string of the molecule is CCCC[C@H]1CC[C@H](CC[C@H]2CC[C@H](C=CCCCF)CC2)CC1. The molecule has 0 atom stereocenters. The number of allylic oxidation sites excluding steroid dienone is 2. The molecule has 2 saturated carbocycles. The highest BCUT2D eigenvalue weighted by atomic mass is 19.1. The second-order valence-corrected chi connectivity index (χ2v) is 8.65. The van der Waals surface area contributed by atoms with Crippen molar-refractivity contribution in [1.29, 1.82) is 0 Å². The van der Waals surface area contributed by atoms with Crippen LogP contribution in [0.2, 0.25) is 0 Å². The van der Waals surface area contributed by atoms with Gasteiger partial charge < -0.3 is 0 Å². The maximum Gasteiger partial charge on any atom is 0.0897 e. The van der Waals surface area contributed by atoms with Gasteiger partial charge in [-0.25, -0.2) is 0 Å². The van der Waals surface area contributed by atoms with Crippen LogP contribution in [0.4, 0.5) is 4.39 Å². The van der Waals surface area contributed by atoms with Crippen molar-refractivity contribution in [3.8, 4) is 0 Å². The van der Waals surface area contributed by atoms with Gasteiger partial charge >= 0.3 is 0 Å². The van der Waals surface area contributed by atoms with E-state index in [1.807, 2.05) is 0 Å². The second kappa shape index (κ2) is 12.1. The van der Waals surface area contributed by atoms with E-state index in [-0.39, 0.29) is 6.67 Å². The Kier molecular flexibility index (Phi) is 10.1. The highest BCUT2D eigenvalue weighted by Gasteiger charge is 2.23. The van der Waals surface area contributed by atoms with Crippen LogP contribution in [-0.4, -0.2) is 6.67 Å². The zero-order chi connectivity index (χ0) is 17.0. The molecule has 0 spiro atoms. The molecule has 0 aromatic carbocycles. The Morgan fingerprint density at radius 2 is 1.29 bits per heavy atom. The van der Waals surface area contributed by atoms with Crippen LogP contribution in [-0.2, 0) is 0 Å². The van der Waals surface area contributed by atoms with E-state index in [1.54, 1.807) is 0 Å². The highest BCUT2D eigenvalue weighted by molar-refractivity contribution is 4.91. The van der Waals surface area contributed by atoms with Crippen LogP contribution in [0.25, 0.3) is 0 Å². The minimum absolute atomic E-state index is 0.169. The first-order valence-electron chi connectivity index (χ1n) is 11.0. The van der Waals surface area contributed by atoms with Crippen LogP contribution >= 0.6 is 0 Å². The lowest BCUT2D eigenvalue weighted by Crippen LogP contribution is -2.17. The smallest absolute Gasteiger partial charge is 0.0897 e. The molecule has 2 aliphatic rings. The van der Waals surface area contributed by atoms with E-state index < -0.39 is 0 Å². The molecule has 0 aromatic rings. The summed E-state index contributed by atoms with van der Waals surface area (Å²) in [5.74, 6) is 3.88. The normalized spacial score (nSPS) is 31.6. The molecule has 0 aliphatic heterocycles. The molecular formula is C23H41F. The largest absolute Gasteiger partial charge is 0.251 e. The van der Waals surface area contributed by atoms with Gasteiger partial charge in [0.05, 0.1) is 6.67 Å². The van der Waals surface area contributed by atoms with Crippen molar-refractivity contribution in [3.63, 3.8) is 0 Å². The van der Waals surface area contributed by atoms with Crippen molar-refractivity contribution in [2.75, 3.05) is 6.67 Å². The molecule has 0 nitrogen and oxygen atoms in total. The first-order valence-corrected chi connectivity index (χ1v) is 11.0. The molecule has 0 heterocycles. The average molecular weight is 337 g/mol. The van der Waals surface area contributed by atoms with E-state index in [9.17, 15) is 4.39 Å². The van der Waals surface area contributed by atoms with Crippen LogP contribution in [0.3, 0.4) is 0 Å². The van der Waals surface area contributed by atoms with E-state index in [4.69, 9.17) is 0 Å². The summed E-state index contributed by atoms with van der Waals surface area (Å²) in [6, 6.07) is 0. The van der Waals surface area contributed by atoms with Crippen molar-refractivity contribution >= 4 is 0 Å². The van der Waals surface area contributed by atoms with Gasteiger partial charge in [-0.15, -0.1) is 0 Å². The average Bonchev–Trinajstić information content (AvgIpc) is 2.64. The molecule has 0 radical (unpaired) electrons. The van der Waals surface area contributed by atoms with Crippen molar-refractivity contribution < 1.29 is 4.39 Å². The van der Waals surface area contributed by atoms with E-state index >= 15 is 0 Å². The molecule has 140 valence electrons. The van der Waals surface area contributed by atoms with Gasteiger partial charge in [0.15, 0.2) is 0 Å². The zero-order valence-corrected chi connectivity index (χ0v) is 16.2. The highest BCUT2D eigenvalue weighted by Crippen LogP contribution is 2.37. The minimum Gasteiger partial charge on any atom is -0.251 e. The lowest BCUT2D eigenvalue weighted by Gasteiger charge is -2.31. The van der Waals surface area contributed by atoms with Gasteiger partial charge in [-0.05, 0) is 62.2 Å². The Morgan fingerprint density at radius 3 is 1.83 bits per heavy atom. The monoisotopic (exact) mass is 336 g/mol. The van der Waals surface area contributed by atoms with Crippen LogP contribution < -0.4 is 0 Å². The van der Waals surface area contributed by atoms with Crippen molar-refractivity contribution in [2.24, 2.45) is 23.7 Å². The summed E-state index contributed by atoms with van der Waals surface area (Å²) < 4.78 is 12.1. The topological polar surface area (TPSA) is 0 Å². The number of hydrogen-bond acceptors (Lipinski definition) is 0. The predicted molar refractivity (Wildman–Crippen MR) is 104 cm³/mol. The lowest BCUT2D eigenvalue weighted by atomic mass is 9.75. The Hall–Kier alpha value is -0.330. The van der Waals surface area contributed by atoms with Crippen molar-refractivity contribution in [2.45, 2.75) is 103 Å². The summed E-state index contributed by atoms with van der Waals surface area (Å²) in [6.07, 6.45) is 25.2. The second-order valence-electron chi connectivity index (χ2n) is 8.65. The Bertz CT molecular complexity index is 319. The van der Waals surface area contributed by atoms with Gasteiger partial charge in [0.1, 0.15) is 0 Å². The van der Waals surface area contributed by atoms with Gasteiger partial charge in [0.2, 0.25) is 0 Å². The standard InChI is InChI=1S/C23H41F/c1-2-3-7-20-9-13-22(14-10-20)17-18-23-15-11-21(12-16-23)8-5-4-6-19-24/h5,8,20-23H,2-4,6-7,9-19H2,1H3/t20-,21-,22-,23-. The minimum atomic E-state index is -0.169. The fourth-order valence-corrected chi connectivity index (χ4v) is 4.93. The lowest BCUT2D eigenvalue weighted by molar-refractivity contribution is 0.220. The summed E-state index contributed by atoms with van der Waals surface area (Å²) in [6.45, 7) is 2.15. The van der Waals surface area contributed by atoms with Crippen LogP contribution in [0.5, 0.6) is 0 Å². The van der Waals surface area contributed by atoms with Gasteiger partial charge in [0.25, 0.3) is 0 Å². The molecule has 0 amide bonds. The third-order valence-electron chi connectivity index (χ3n) is 6.72. The van der Waals surface area contributed by atoms with Crippen LogP contribution in [0.15, 0.2) is 12.2 Å². The fourth-order valence-electron chi connectivity index (χ4n) is 4.93. The third-order valence-corrected chi connectivity index (χ3v) is 6.72. The summed E-state index contributed by atoms with van der Waals surface area (Å²) in [7, 11) is 0. The maximum absolute atomic E-state index is 12.1. The zero-order valence-electron chi connectivity index (χ0n) is 16.2. The fraction of sp³-hybridized carbons (Fsp3) is 0.913. The quantitative estimate of drug-likeness (QED) is 0.281. The summed E-state index contributed by atoms with van der Waals surface area (Å²) in [5.41, 5.74) is 0. The molecule has 2 fully saturated rings. The molecule has 1 heteroatoms. The molecule has 2 rings (SSSR count). The Labute approximate surface area is 150 Å². The van der Waals surface area contributed by atoms with E-state index in [2.05, 4.69) is 19.1 Å². The van der Waals surface area contributed by atoms with E-state index in [0.717, 1.165) is 30.1 Å². The van der Waals surface area contributed by atoms with Gasteiger partial charge in [-0.2, -0.15) is 0 Å². The van der Waals surface area contributed by atoms with E-state index in [1.165, 1.54) is 83.5 Å². The molecule has 0 saturated heterocycles. The molecule has 0 unspecified atom stereocenters. The van der Waals surface area contributed by atoms with Gasteiger partial charge in [-0.3, -0.25) is 4.39 Å². The summed E-state index contributed by atoms with van der Waals surface area (Å²) >= 11 is 0. The molecular weight excluding hydrogens is 295 g/mol. The Balaban J connectivity index is 1.53. The number of alkyl halides is 1. The Morgan fingerprint density at radius 1 is 0.750 bits per heavy atom. The van der Waals surface area contributed by atoms with Crippen LogP contribution in [0.1, 0.15) is 103 Å². The number of hydrogen-bond donors (Lipinski definition) is 0. The summed E-state index contributed by atoms with van der Waals surface area (Å²) in [4.78, 5) is 0. The number of rotatable bonds is 10. The maximum atomic E-state index is 12.1. The summed E-state index contributed by atoms with van der Waals surface area (Å²) in [5, 5.41) is 0. The first kappa shape index (κ1) is 20.0. The molecule has 0 N–H and O–H groups in total. The first-order chi connectivity index (χ1) is 11.8. The third kappa shape index (κ3) is 7.70. The molecule has 0 bridgehead atoms. The van der Waals surface area contributed by atoms with Crippen molar-refractivity contribution in [1.82, 2.24) is 0 Å². The van der Waals surface area contributed by atoms with Crippen molar-refractivity contribution in [3.05, 3.63) is 12.2 Å². The van der Waals surface area contributed by atoms with Gasteiger partial charge in [0, 0.05) is 0 Å². The number of unbranched alkanes of at least 4 members (excludes halogenated alkanes) is 2. The van der Waals surface area contributed by atoms with Crippen LogP contribution in [0, 0.1) is 23.7 Å².